The van der Waals surface area contributed by atoms with Gasteiger partial charge in [-0.1, -0.05) is 6.92 Å². The molecule has 2 rings (SSSR count). The molecule has 0 saturated carbocycles. The number of hydrogen-bond donors (Lipinski definition) is 1. The van der Waals surface area contributed by atoms with Gasteiger partial charge in [-0.25, -0.2) is 4.79 Å². The van der Waals surface area contributed by atoms with Gasteiger partial charge in [-0.05, 0) is 50.7 Å². The molecule has 5 nitrogen and oxygen atoms in total. The van der Waals surface area contributed by atoms with E-state index in [9.17, 15) is 9.59 Å². The van der Waals surface area contributed by atoms with Crippen LogP contribution in [0.4, 0.5) is 0 Å². The summed E-state index contributed by atoms with van der Waals surface area (Å²) in [4.78, 5) is 27.7. The van der Waals surface area contributed by atoms with Crippen LogP contribution < -0.4 is 0 Å². The zero-order chi connectivity index (χ0) is 15.4. The Morgan fingerprint density at radius 1 is 1.19 bits per heavy atom. The maximum absolute atomic E-state index is 12.7. The van der Waals surface area contributed by atoms with Crippen LogP contribution in [0.15, 0.2) is 24.3 Å². The Balaban J connectivity index is 2.18. The van der Waals surface area contributed by atoms with Gasteiger partial charge in [0.25, 0.3) is 5.91 Å². The molecule has 1 saturated heterocycles. The van der Waals surface area contributed by atoms with Crippen molar-refractivity contribution in [1.82, 2.24) is 9.80 Å². The predicted octanol–water partition coefficient (Wildman–Crippen LogP) is 1.94. The first-order valence-corrected chi connectivity index (χ1v) is 7.35. The molecule has 21 heavy (non-hydrogen) atoms. The second kappa shape index (κ2) is 6.72. The third kappa shape index (κ3) is 3.61. The van der Waals surface area contributed by atoms with E-state index in [0.717, 1.165) is 32.5 Å². The highest BCUT2D eigenvalue weighted by Crippen LogP contribution is 2.16. The first kappa shape index (κ1) is 15.5. The van der Waals surface area contributed by atoms with Crippen molar-refractivity contribution in [3.8, 4) is 0 Å². The van der Waals surface area contributed by atoms with Gasteiger partial charge in [0.2, 0.25) is 0 Å². The van der Waals surface area contributed by atoms with Crippen LogP contribution in [0, 0.1) is 0 Å². The van der Waals surface area contributed by atoms with E-state index in [0.29, 0.717) is 5.56 Å². The zero-order valence-corrected chi connectivity index (χ0v) is 12.6. The largest absolute Gasteiger partial charge is 0.478 e. The Morgan fingerprint density at radius 3 is 2.38 bits per heavy atom. The zero-order valence-electron chi connectivity index (χ0n) is 12.6. The van der Waals surface area contributed by atoms with Crippen LogP contribution in [0.2, 0.25) is 0 Å². The van der Waals surface area contributed by atoms with Gasteiger partial charge < -0.3 is 14.9 Å². The van der Waals surface area contributed by atoms with Gasteiger partial charge in [0.1, 0.15) is 0 Å². The van der Waals surface area contributed by atoms with Gasteiger partial charge in [-0.15, -0.1) is 0 Å². The molecule has 114 valence electrons. The quantitative estimate of drug-likeness (QED) is 0.924. The van der Waals surface area contributed by atoms with Crippen molar-refractivity contribution < 1.29 is 14.7 Å². The average Bonchev–Trinajstić information content (AvgIpc) is 2.67. The number of hydrogen-bond acceptors (Lipinski definition) is 3. The summed E-state index contributed by atoms with van der Waals surface area (Å²) in [6, 6.07) is 6.39. The van der Waals surface area contributed by atoms with Crippen LogP contribution in [-0.4, -0.2) is 59.5 Å². The number of carboxylic acids is 1. The van der Waals surface area contributed by atoms with Crippen molar-refractivity contribution in [3.05, 3.63) is 35.4 Å². The Hall–Kier alpha value is -1.88. The summed E-state index contributed by atoms with van der Waals surface area (Å²) in [5.74, 6) is -0.981. The number of carboxylic acid groups (broad SMARTS) is 1. The summed E-state index contributed by atoms with van der Waals surface area (Å²) >= 11 is 0. The molecule has 1 unspecified atom stereocenters. The predicted molar refractivity (Wildman–Crippen MR) is 80.6 cm³/mol. The molecular weight excluding hydrogens is 268 g/mol. The summed E-state index contributed by atoms with van der Waals surface area (Å²) in [5, 5.41) is 8.91. The molecule has 1 amide bonds. The minimum atomic E-state index is -0.975. The van der Waals surface area contributed by atoms with Crippen LogP contribution in [0.5, 0.6) is 0 Å². The van der Waals surface area contributed by atoms with Crippen molar-refractivity contribution >= 4 is 11.9 Å². The summed E-state index contributed by atoms with van der Waals surface area (Å²) < 4.78 is 0. The molecule has 5 heteroatoms. The molecule has 1 aliphatic rings. The van der Waals surface area contributed by atoms with Crippen LogP contribution in [0.1, 0.15) is 40.5 Å². The first-order valence-electron chi connectivity index (χ1n) is 7.35. The highest BCUT2D eigenvalue weighted by molar-refractivity contribution is 5.96. The topological polar surface area (TPSA) is 60.9 Å². The molecule has 1 aromatic carbocycles. The monoisotopic (exact) mass is 290 g/mol. The number of rotatable bonds is 3. The number of amides is 1. The van der Waals surface area contributed by atoms with E-state index in [1.54, 1.807) is 12.1 Å². The molecule has 1 heterocycles. The third-order valence-corrected chi connectivity index (χ3v) is 4.01. The maximum atomic E-state index is 12.7. The lowest BCUT2D eigenvalue weighted by atomic mass is 10.1. The van der Waals surface area contributed by atoms with E-state index in [4.69, 9.17) is 5.11 Å². The summed E-state index contributed by atoms with van der Waals surface area (Å²) in [5.41, 5.74) is 0.761. The summed E-state index contributed by atoms with van der Waals surface area (Å²) in [6.45, 7) is 4.73. The maximum Gasteiger partial charge on any atom is 0.335 e. The molecule has 0 aromatic heterocycles. The normalized spacial score (nSPS) is 20.1. The molecule has 0 aliphatic carbocycles. The first-order chi connectivity index (χ1) is 10.0. The molecule has 1 aliphatic heterocycles. The minimum Gasteiger partial charge on any atom is -0.478 e. The number of likely N-dealkylation sites (N-methyl/N-ethyl adjacent to an activating group) is 1. The van der Waals surface area contributed by atoms with Gasteiger partial charge in [-0.2, -0.15) is 0 Å². The van der Waals surface area contributed by atoms with Crippen molar-refractivity contribution in [2.75, 3.05) is 26.7 Å². The Kier molecular flexibility index (Phi) is 4.96. The number of nitrogens with zero attached hydrogens (tertiary/aromatic N) is 2. The van der Waals surface area contributed by atoms with E-state index >= 15 is 0 Å². The highest BCUT2D eigenvalue weighted by atomic mass is 16.4. The minimum absolute atomic E-state index is 0.00547. The molecule has 1 fully saturated rings. The van der Waals surface area contributed by atoms with Crippen molar-refractivity contribution in [2.24, 2.45) is 0 Å². The number of carbonyl (C=O) groups is 2. The fraction of sp³-hybridized carbons (Fsp3) is 0.500. The highest BCUT2D eigenvalue weighted by Gasteiger charge is 2.26. The second-order valence-corrected chi connectivity index (χ2v) is 5.56. The SMILES string of the molecule is CCC1CN(C)CCCN1C(=O)c1ccc(C(=O)O)cc1. The Labute approximate surface area is 125 Å². The summed E-state index contributed by atoms with van der Waals surface area (Å²) in [6.07, 6.45) is 1.88. The lowest BCUT2D eigenvalue weighted by Gasteiger charge is -2.30. The van der Waals surface area contributed by atoms with Crippen LogP contribution in [-0.2, 0) is 0 Å². The van der Waals surface area contributed by atoms with Crippen LogP contribution in [0.25, 0.3) is 0 Å². The molecule has 1 aromatic rings. The Bertz CT molecular complexity index is 513. The fourth-order valence-corrected chi connectivity index (χ4v) is 2.78. The average molecular weight is 290 g/mol. The van der Waals surface area contributed by atoms with Crippen molar-refractivity contribution in [2.45, 2.75) is 25.8 Å². The lowest BCUT2D eigenvalue weighted by Crippen LogP contribution is -2.43. The van der Waals surface area contributed by atoms with Gasteiger partial charge in [0, 0.05) is 24.7 Å². The van der Waals surface area contributed by atoms with Gasteiger partial charge in [0.05, 0.1) is 5.56 Å². The molecule has 1 atom stereocenters. The van der Waals surface area contributed by atoms with E-state index in [1.807, 2.05) is 4.90 Å². The number of benzene rings is 1. The van der Waals surface area contributed by atoms with Gasteiger partial charge in [0.15, 0.2) is 0 Å². The van der Waals surface area contributed by atoms with Gasteiger partial charge in [-0.3, -0.25) is 4.79 Å². The fourth-order valence-electron chi connectivity index (χ4n) is 2.78. The van der Waals surface area contributed by atoms with Gasteiger partial charge >= 0.3 is 5.97 Å². The molecule has 0 spiro atoms. The lowest BCUT2D eigenvalue weighted by molar-refractivity contribution is 0.0669. The second-order valence-electron chi connectivity index (χ2n) is 5.56. The van der Waals surface area contributed by atoms with E-state index in [1.165, 1.54) is 12.1 Å². The molecular formula is C16H22N2O3. The van der Waals surface area contributed by atoms with E-state index in [2.05, 4.69) is 18.9 Å². The van der Waals surface area contributed by atoms with E-state index < -0.39 is 5.97 Å². The van der Waals surface area contributed by atoms with E-state index in [-0.39, 0.29) is 17.5 Å². The molecule has 0 radical (unpaired) electrons. The number of carbonyl (C=O) groups excluding carboxylic acids is 1. The van der Waals surface area contributed by atoms with Crippen LogP contribution in [0.3, 0.4) is 0 Å². The summed E-state index contributed by atoms with van der Waals surface area (Å²) in [7, 11) is 2.08. The Morgan fingerprint density at radius 2 is 1.81 bits per heavy atom. The standard InChI is InChI=1S/C16H22N2O3/c1-3-14-11-17(2)9-4-10-18(14)15(19)12-5-7-13(8-6-12)16(20)21/h5-8,14H,3-4,9-11H2,1-2H3,(H,20,21). The molecule has 0 bridgehead atoms. The van der Waals surface area contributed by atoms with Crippen LogP contribution >= 0.6 is 0 Å². The number of aromatic carboxylic acids is 1. The smallest absolute Gasteiger partial charge is 0.335 e. The third-order valence-electron chi connectivity index (χ3n) is 4.01. The van der Waals surface area contributed by atoms with Crippen molar-refractivity contribution in [1.29, 1.82) is 0 Å². The molecule has 1 N–H and O–H groups in total. The van der Waals surface area contributed by atoms with Crippen molar-refractivity contribution in [3.63, 3.8) is 0 Å².